The lowest BCUT2D eigenvalue weighted by molar-refractivity contribution is 0.168. The highest BCUT2D eigenvalue weighted by Gasteiger charge is 2.10. The van der Waals surface area contributed by atoms with E-state index in [9.17, 15) is 9.59 Å². The average molecular weight is 363 g/mol. The molecule has 0 saturated heterocycles. The second kappa shape index (κ2) is 8.89. The molecule has 0 aliphatic heterocycles. The number of nitrogens with one attached hydrogen (secondary N) is 3. The molecule has 2 aromatic rings. The third-order valence-corrected chi connectivity index (χ3v) is 3.56. The number of carbonyl (C=O) groups is 2. The van der Waals surface area contributed by atoms with Crippen molar-refractivity contribution < 1.29 is 14.3 Å². The minimum atomic E-state index is -0.539. The van der Waals surface area contributed by atoms with Crippen molar-refractivity contribution in [2.24, 2.45) is 0 Å². The first kappa shape index (κ1) is 18.5. The molecule has 0 spiro atoms. The van der Waals surface area contributed by atoms with E-state index in [1.54, 1.807) is 50.4 Å². The van der Waals surface area contributed by atoms with Gasteiger partial charge in [0.1, 0.15) is 5.15 Å². The number of hydrogen-bond acceptors (Lipinski definition) is 4. The van der Waals surface area contributed by atoms with Crippen LogP contribution in [0.5, 0.6) is 0 Å². The van der Waals surface area contributed by atoms with E-state index in [2.05, 4.69) is 20.9 Å². The van der Waals surface area contributed by atoms with E-state index in [0.717, 1.165) is 11.1 Å². The fraction of sp³-hybridized carbons (Fsp3) is 0.235. The Morgan fingerprint density at radius 2 is 1.88 bits per heavy atom. The number of hydrogen-bond donors (Lipinski definition) is 3. The van der Waals surface area contributed by atoms with Crippen molar-refractivity contribution in [3.8, 4) is 0 Å². The van der Waals surface area contributed by atoms with Gasteiger partial charge in [-0.15, -0.1) is 0 Å². The fourth-order valence-electron chi connectivity index (χ4n) is 2.04. The molecular weight excluding hydrogens is 344 g/mol. The quantitative estimate of drug-likeness (QED) is 0.702. The van der Waals surface area contributed by atoms with Gasteiger partial charge in [0.15, 0.2) is 0 Å². The monoisotopic (exact) mass is 362 g/mol. The molecule has 132 valence electrons. The zero-order chi connectivity index (χ0) is 18.2. The van der Waals surface area contributed by atoms with Crippen LogP contribution in [-0.2, 0) is 11.3 Å². The second-order valence-corrected chi connectivity index (χ2v) is 5.51. The lowest BCUT2D eigenvalue weighted by atomic mass is 10.1. The largest absolute Gasteiger partial charge is 0.450 e. The molecule has 1 aromatic carbocycles. The topological polar surface area (TPSA) is 92.4 Å². The number of ether oxygens (including phenoxy) is 1. The van der Waals surface area contributed by atoms with Gasteiger partial charge >= 0.3 is 12.1 Å². The molecule has 8 heteroatoms. The molecule has 7 nitrogen and oxygen atoms in total. The number of rotatable bonds is 5. The summed E-state index contributed by atoms with van der Waals surface area (Å²) in [4.78, 5) is 27.5. The SMILES string of the molecule is CCOC(=O)Nc1cccc(NC(=O)NCc2ccc(Cl)nc2)c1C. The molecule has 0 atom stereocenters. The molecule has 2 rings (SSSR count). The van der Waals surface area contributed by atoms with Gasteiger partial charge in [-0.25, -0.2) is 14.6 Å². The van der Waals surface area contributed by atoms with Crippen LogP contribution in [0.3, 0.4) is 0 Å². The van der Waals surface area contributed by atoms with E-state index in [-0.39, 0.29) is 12.6 Å². The van der Waals surface area contributed by atoms with Crippen LogP contribution >= 0.6 is 11.6 Å². The average Bonchev–Trinajstić information content (AvgIpc) is 2.58. The van der Waals surface area contributed by atoms with E-state index in [1.165, 1.54) is 0 Å². The van der Waals surface area contributed by atoms with Gasteiger partial charge in [-0.1, -0.05) is 23.7 Å². The van der Waals surface area contributed by atoms with E-state index >= 15 is 0 Å². The number of anilines is 2. The standard InChI is InChI=1S/C17H19ClN4O3/c1-3-25-17(24)22-14-6-4-5-13(11(14)2)21-16(23)20-10-12-7-8-15(18)19-9-12/h4-9H,3,10H2,1-2H3,(H,22,24)(H2,20,21,23). The number of pyridine rings is 1. The van der Waals surface area contributed by atoms with E-state index < -0.39 is 6.09 Å². The number of aromatic nitrogens is 1. The number of halogens is 1. The fourth-order valence-corrected chi connectivity index (χ4v) is 2.16. The smallest absolute Gasteiger partial charge is 0.411 e. The van der Waals surface area contributed by atoms with Crippen molar-refractivity contribution in [2.45, 2.75) is 20.4 Å². The van der Waals surface area contributed by atoms with Crippen LogP contribution in [0.1, 0.15) is 18.1 Å². The van der Waals surface area contributed by atoms with Gasteiger partial charge in [-0.05, 0) is 43.2 Å². The maximum atomic E-state index is 12.1. The lowest BCUT2D eigenvalue weighted by Crippen LogP contribution is -2.28. The summed E-state index contributed by atoms with van der Waals surface area (Å²) < 4.78 is 4.85. The molecular formula is C17H19ClN4O3. The van der Waals surface area contributed by atoms with Gasteiger partial charge in [0, 0.05) is 24.1 Å². The predicted molar refractivity (Wildman–Crippen MR) is 96.9 cm³/mol. The van der Waals surface area contributed by atoms with Crippen LogP contribution in [0.25, 0.3) is 0 Å². The maximum Gasteiger partial charge on any atom is 0.411 e. The molecule has 0 bridgehead atoms. The molecule has 0 aliphatic carbocycles. The van der Waals surface area contributed by atoms with Crippen molar-refractivity contribution in [2.75, 3.05) is 17.2 Å². The van der Waals surface area contributed by atoms with Gasteiger partial charge in [0.2, 0.25) is 0 Å². The van der Waals surface area contributed by atoms with Crippen molar-refractivity contribution in [3.05, 3.63) is 52.8 Å². The lowest BCUT2D eigenvalue weighted by Gasteiger charge is -2.14. The van der Waals surface area contributed by atoms with E-state index in [4.69, 9.17) is 16.3 Å². The number of nitrogens with zero attached hydrogens (tertiary/aromatic N) is 1. The summed E-state index contributed by atoms with van der Waals surface area (Å²) in [5, 5.41) is 8.51. The number of amides is 3. The summed E-state index contributed by atoms with van der Waals surface area (Å²) >= 11 is 5.72. The van der Waals surface area contributed by atoms with Crippen molar-refractivity contribution >= 4 is 35.1 Å². The summed E-state index contributed by atoms with van der Waals surface area (Å²) in [5.41, 5.74) is 2.70. The van der Waals surface area contributed by atoms with Gasteiger partial charge < -0.3 is 15.4 Å². The molecule has 0 aliphatic rings. The molecule has 3 N–H and O–H groups in total. The Morgan fingerprint density at radius 1 is 1.16 bits per heavy atom. The van der Waals surface area contributed by atoms with Crippen LogP contribution in [0.2, 0.25) is 5.15 Å². The highest BCUT2D eigenvalue weighted by Crippen LogP contribution is 2.23. The van der Waals surface area contributed by atoms with Gasteiger partial charge in [-0.2, -0.15) is 0 Å². The molecule has 0 radical (unpaired) electrons. The van der Waals surface area contributed by atoms with E-state index in [0.29, 0.717) is 23.1 Å². The molecule has 0 unspecified atom stereocenters. The minimum absolute atomic E-state index is 0.283. The Morgan fingerprint density at radius 3 is 2.52 bits per heavy atom. The molecule has 3 amide bonds. The Bertz CT molecular complexity index is 750. The van der Waals surface area contributed by atoms with Crippen LogP contribution in [-0.4, -0.2) is 23.7 Å². The van der Waals surface area contributed by atoms with Gasteiger partial charge in [0.25, 0.3) is 0 Å². The molecule has 1 heterocycles. The first-order valence-corrected chi connectivity index (χ1v) is 8.06. The van der Waals surface area contributed by atoms with Crippen LogP contribution in [0.4, 0.5) is 21.0 Å². The predicted octanol–water partition coefficient (Wildman–Crippen LogP) is 3.93. The van der Waals surface area contributed by atoms with E-state index in [1.807, 2.05) is 0 Å². The number of benzene rings is 1. The van der Waals surface area contributed by atoms with Gasteiger partial charge in [-0.3, -0.25) is 5.32 Å². The number of carbonyl (C=O) groups excluding carboxylic acids is 2. The summed E-state index contributed by atoms with van der Waals surface area (Å²) in [6.45, 7) is 4.12. The second-order valence-electron chi connectivity index (χ2n) is 5.12. The minimum Gasteiger partial charge on any atom is -0.450 e. The van der Waals surface area contributed by atoms with Crippen LogP contribution in [0, 0.1) is 6.92 Å². The zero-order valence-corrected chi connectivity index (χ0v) is 14.7. The Balaban J connectivity index is 1.95. The Hall–Kier alpha value is -2.80. The molecule has 0 saturated carbocycles. The van der Waals surface area contributed by atoms with Crippen molar-refractivity contribution in [1.29, 1.82) is 0 Å². The Labute approximate surface area is 150 Å². The van der Waals surface area contributed by atoms with Gasteiger partial charge in [0.05, 0.1) is 6.61 Å². The highest BCUT2D eigenvalue weighted by atomic mass is 35.5. The number of urea groups is 1. The first-order valence-electron chi connectivity index (χ1n) is 7.68. The maximum absolute atomic E-state index is 12.1. The molecule has 0 fully saturated rings. The Kier molecular flexibility index (Phi) is 6.59. The van der Waals surface area contributed by atoms with Crippen LogP contribution < -0.4 is 16.0 Å². The zero-order valence-electron chi connectivity index (χ0n) is 13.9. The normalized spacial score (nSPS) is 10.0. The first-order chi connectivity index (χ1) is 12.0. The summed E-state index contributed by atoms with van der Waals surface area (Å²) in [7, 11) is 0. The molecule has 25 heavy (non-hydrogen) atoms. The summed E-state index contributed by atoms with van der Waals surface area (Å²) in [6, 6.07) is 8.28. The van der Waals surface area contributed by atoms with Crippen molar-refractivity contribution in [3.63, 3.8) is 0 Å². The third kappa shape index (κ3) is 5.65. The molecule has 1 aromatic heterocycles. The highest BCUT2D eigenvalue weighted by molar-refractivity contribution is 6.29. The summed E-state index contributed by atoms with van der Waals surface area (Å²) in [6.07, 6.45) is 1.06. The summed E-state index contributed by atoms with van der Waals surface area (Å²) in [5.74, 6) is 0. The third-order valence-electron chi connectivity index (χ3n) is 3.34. The van der Waals surface area contributed by atoms with Crippen molar-refractivity contribution in [1.82, 2.24) is 10.3 Å². The van der Waals surface area contributed by atoms with Crippen LogP contribution in [0.15, 0.2) is 36.5 Å².